The van der Waals surface area contributed by atoms with Gasteiger partial charge in [0, 0.05) is 17.1 Å². The van der Waals surface area contributed by atoms with E-state index in [-0.39, 0.29) is 24.8 Å². The molecule has 0 atom stereocenters. The van der Waals surface area contributed by atoms with E-state index in [4.69, 9.17) is 23.2 Å². The van der Waals surface area contributed by atoms with Gasteiger partial charge in [0.25, 0.3) is 0 Å². The van der Waals surface area contributed by atoms with Gasteiger partial charge in [0.15, 0.2) is 5.78 Å². The smallest absolute Gasteiger partial charge is 0.234 e. The topological polar surface area (TPSA) is 49.4 Å². The van der Waals surface area contributed by atoms with Crippen LogP contribution in [-0.4, -0.2) is 43.3 Å². The van der Waals surface area contributed by atoms with Crippen LogP contribution in [0.25, 0.3) is 0 Å². The number of likely N-dealkylation sites (N-methyl/N-ethyl adjacent to an activating group) is 1. The number of rotatable bonds is 7. The molecular weight excluding hydrogens is 299 g/mol. The van der Waals surface area contributed by atoms with E-state index in [1.54, 1.807) is 24.1 Å². The number of ketones is 1. The first-order chi connectivity index (χ1) is 9.43. The molecule has 1 rings (SSSR count). The van der Waals surface area contributed by atoms with Crippen molar-refractivity contribution in [3.63, 3.8) is 0 Å². The molecule has 0 unspecified atom stereocenters. The second kappa shape index (κ2) is 8.25. The monoisotopic (exact) mass is 316 g/mol. The van der Waals surface area contributed by atoms with Crippen LogP contribution < -0.4 is 5.32 Å². The average molecular weight is 317 g/mol. The number of nitrogens with one attached hydrogen (secondary N) is 1. The Balaban J connectivity index is 2.55. The number of nitrogens with zero attached hydrogens (tertiary/aromatic N) is 1. The lowest BCUT2D eigenvalue weighted by molar-refractivity contribution is -0.121. The van der Waals surface area contributed by atoms with Gasteiger partial charge in [-0.2, -0.15) is 0 Å². The third kappa shape index (κ3) is 5.49. The summed E-state index contributed by atoms with van der Waals surface area (Å²) in [6.45, 7) is 2.93. The standard InChI is InChI=1S/C14H18Cl2N2O2/c1-3-6-17-14(20)9-18(2)8-13(19)11-5-4-10(15)7-12(11)16/h4-5,7H,3,6,8-9H2,1-2H3,(H,17,20). The van der Waals surface area contributed by atoms with E-state index in [1.807, 2.05) is 6.92 Å². The molecule has 1 amide bonds. The lowest BCUT2D eigenvalue weighted by Crippen LogP contribution is -2.37. The zero-order valence-corrected chi connectivity index (χ0v) is 13.1. The van der Waals surface area contributed by atoms with Crippen LogP contribution in [0, 0.1) is 0 Å². The number of benzene rings is 1. The maximum Gasteiger partial charge on any atom is 0.234 e. The van der Waals surface area contributed by atoms with Crippen LogP contribution in [0.3, 0.4) is 0 Å². The molecule has 0 heterocycles. The molecule has 0 radical (unpaired) electrons. The summed E-state index contributed by atoms with van der Waals surface area (Å²) in [5, 5.41) is 3.57. The van der Waals surface area contributed by atoms with Crippen molar-refractivity contribution in [2.75, 3.05) is 26.7 Å². The minimum absolute atomic E-state index is 0.0932. The summed E-state index contributed by atoms with van der Waals surface area (Å²) in [6.07, 6.45) is 0.884. The molecule has 0 saturated carbocycles. The van der Waals surface area contributed by atoms with Crippen molar-refractivity contribution in [1.29, 1.82) is 0 Å². The maximum atomic E-state index is 12.1. The van der Waals surface area contributed by atoms with Crippen molar-refractivity contribution in [3.05, 3.63) is 33.8 Å². The van der Waals surface area contributed by atoms with Gasteiger partial charge in [-0.1, -0.05) is 30.1 Å². The fourth-order valence-electron chi connectivity index (χ4n) is 1.67. The van der Waals surface area contributed by atoms with Crippen LogP contribution in [0.2, 0.25) is 10.0 Å². The highest BCUT2D eigenvalue weighted by Gasteiger charge is 2.14. The summed E-state index contributed by atoms with van der Waals surface area (Å²) in [5.41, 5.74) is 0.414. The molecule has 0 bridgehead atoms. The number of carbonyl (C=O) groups excluding carboxylic acids is 2. The molecule has 20 heavy (non-hydrogen) atoms. The molecule has 110 valence electrons. The second-order valence-corrected chi connectivity index (χ2v) is 5.41. The fraction of sp³-hybridized carbons (Fsp3) is 0.429. The predicted octanol–water partition coefficient (Wildman–Crippen LogP) is 2.63. The van der Waals surface area contributed by atoms with E-state index in [0.717, 1.165) is 6.42 Å². The predicted molar refractivity (Wildman–Crippen MR) is 81.6 cm³/mol. The van der Waals surface area contributed by atoms with Gasteiger partial charge < -0.3 is 5.32 Å². The third-order valence-corrected chi connectivity index (χ3v) is 3.18. The highest BCUT2D eigenvalue weighted by molar-refractivity contribution is 6.36. The van der Waals surface area contributed by atoms with E-state index >= 15 is 0 Å². The Bertz CT molecular complexity index is 492. The maximum absolute atomic E-state index is 12.1. The number of hydrogen-bond donors (Lipinski definition) is 1. The van der Waals surface area contributed by atoms with E-state index in [2.05, 4.69) is 5.32 Å². The molecular formula is C14H18Cl2N2O2. The van der Waals surface area contributed by atoms with E-state index in [0.29, 0.717) is 22.2 Å². The van der Waals surface area contributed by atoms with Crippen molar-refractivity contribution in [3.8, 4) is 0 Å². The lowest BCUT2D eigenvalue weighted by Gasteiger charge is -2.15. The quantitative estimate of drug-likeness (QED) is 0.787. The zero-order valence-electron chi connectivity index (χ0n) is 11.6. The molecule has 1 aromatic carbocycles. The first-order valence-corrected chi connectivity index (χ1v) is 7.13. The molecule has 1 aromatic rings. The van der Waals surface area contributed by atoms with Crippen molar-refractivity contribution < 1.29 is 9.59 Å². The third-order valence-electron chi connectivity index (χ3n) is 2.63. The largest absolute Gasteiger partial charge is 0.355 e. The Labute approximate surface area is 129 Å². The molecule has 0 spiro atoms. The molecule has 6 heteroatoms. The van der Waals surface area contributed by atoms with Crippen LogP contribution in [-0.2, 0) is 4.79 Å². The molecule has 0 aliphatic rings. The number of halogens is 2. The molecule has 0 saturated heterocycles. The van der Waals surface area contributed by atoms with Gasteiger partial charge >= 0.3 is 0 Å². The van der Waals surface area contributed by atoms with Gasteiger partial charge in [-0.15, -0.1) is 0 Å². The summed E-state index contributed by atoms with van der Waals surface area (Å²) >= 11 is 11.8. The summed E-state index contributed by atoms with van der Waals surface area (Å²) in [7, 11) is 1.72. The van der Waals surface area contributed by atoms with Crippen LogP contribution in [0.1, 0.15) is 23.7 Å². The number of Topliss-reactive ketones (excluding diaryl/α,β-unsaturated/α-hetero) is 1. The first-order valence-electron chi connectivity index (χ1n) is 6.37. The molecule has 0 fully saturated rings. The van der Waals surface area contributed by atoms with Gasteiger partial charge in [0.2, 0.25) is 5.91 Å². The van der Waals surface area contributed by atoms with Crippen molar-refractivity contribution in [1.82, 2.24) is 10.2 Å². The van der Waals surface area contributed by atoms with Gasteiger partial charge in [0.1, 0.15) is 0 Å². The first kappa shape index (κ1) is 17.0. The van der Waals surface area contributed by atoms with Gasteiger partial charge in [-0.05, 0) is 31.7 Å². The van der Waals surface area contributed by atoms with Crippen molar-refractivity contribution in [2.45, 2.75) is 13.3 Å². The summed E-state index contributed by atoms with van der Waals surface area (Å²) in [5.74, 6) is -0.234. The molecule has 0 aliphatic heterocycles. The Morgan fingerprint density at radius 3 is 2.55 bits per heavy atom. The van der Waals surface area contributed by atoms with Gasteiger partial charge in [-0.3, -0.25) is 14.5 Å². The number of amides is 1. The zero-order chi connectivity index (χ0) is 15.1. The van der Waals surface area contributed by atoms with Gasteiger partial charge in [0.05, 0.1) is 18.1 Å². The Morgan fingerprint density at radius 2 is 1.95 bits per heavy atom. The molecule has 1 N–H and O–H groups in total. The second-order valence-electron chi connectivity index (χ2n) is 4.57. The van der Waals surface area contributed by atoms with E-state index in [1.165, 1.54) is 6.07 Å². The van der Waals surface area contributed by atoms with Crippen molar-refractivity contribution in [2.24, 2.45) is 0 Å². The van der Waals surface area contributed by atoms with E-state index in [9.17, 15) is 9.59 Å². The summed E-state index contributed by atoms with van der Waals surface area (Å²) in [6, 6.07) is 4.75. The van der Waals surface area contributed by atoms with Crippen LogP contribution in [0.5, 0.6) is 0 Å². The Kier molecular flexibility index (Phi) is 6.99. The number of hydrogen-bond acceptors (Lipinski definition) is 3. The van der Waals surface area contributed by atoms with Crippen molar-refractivity contribution >= 4 is 34.9 Å². The fourth-order valence-corrected chi connectivity index (χ4v) is 2.18. The number of carbonyl (C=O) groups is 2. The summed E-state index contributed by atoms with van der Waals surface area (Å²) < 4.78 is 0. The van der Waals surface area contributed by atoms with Crippen LogP contribution in [0.4, 0.5) is 0 Å². The Morgan fingerprint density at radius 1 is 1.25 bits per heavy atom. The summed E-state index contributed by atoms with van der Waals surface area (Å²) in [4.78, 5) is 25.3. The highest BCUT2D eigenvalue weighted by atomic mass is 35.5. The average Bonchev–Trinajstić information content (AvgIpc) is 2.35. The lowest BCUT2D eigenvalue weighted by atomic mass is 10.1. The minimum Gasteiger partial charge on any atom is -0.355 e. The minimum atomic E-state index is -0.141. The molecule has 0 aliphatic carbocycles. The van der Waals surface area contributed by atoms with Crippen LogP contribution >= 0.6 is 23.2 Å². The Hall–Kier alpha value is -1.10. The van der Waals surface area contributed by atoms with Gasteiger partial charge in [-0.25, -0.2) is 0 Å². The van der Waals surface area contributed by atoms with E-state index < -0.39 is 0 Å². The molecule has 0 aromatic heterocycles. The SMILES string of the molecule is CCCNC(=O)CN(C)CC(=O)c1ccc(Cl)cc1Cl. The molecule has 4 nitrogen and oxygen atoms in total. The highest BCUT2D eigenvalue weighted by Crippen LogP contribution is 2.21. The van der Waals surface area contributed by atoms with Crippen LogP contribution in [0.15, 0.2) is 18.2 Å². The normalized spacial score (nSPS) is 10.7.